The second-order valence-electron chi connectivity index (χ2n) is 6.96. The highest BCUT2D eigenvalue weighted by molar-refractivity contribution is 4.74. The number of piperazine rings is 1. The topological polar surface area (TPSA) is 30.0 Å². The second-order valence-corrected chi connectivity index (χ2v) is 6.96. The lowest BCUT2D eigenvalue weighted by atomic mass is 10.0. The predicted molar refractivity (Wildman–Crippen MR) is 84.0 cm³/mol. The van der Waals surface area contributed by atoms with Crippen LogP contribution in [0.3, 0.4) is 0 Å². The van der Waals surface area contributed by atoms with Gasteiger partial charge in [-0.2, -0.15) is 0 Å². The van der Waals surface area contributed by atoms with Crippen LogP contribution in [0.4, 0.5) is 0 Å². The van der Waals surface area contributed by atoms with Crippen molar-refractivity contribution in [3.63, 3.8) is 0 Å². The molecule has 1 saturated carbocycles. The number of aliphatic hydroxyl groups is 1. The van der Waals surface area contributed by atoms with Crippen molar-refractivity contribution in [2.45, 2.75) is 38.2 Å². The van der Waals surface area contributed by atoms with Gasteiger partial charge in [0.1, 0.15) is 0 Å². The Labute approximate surface area is 124 Å². The molecule has 2 rings (SSSR count). The standard InChI is InChI=1S/C16H33N3O/c1-17-9-11-19(12-10-17)14-16(20)13-18(2)8-7-15-5-3-4-6-15/h15-16,20H,3-14H2,1-2H3. The molecule has 0 spiro atoms. The van der Waals surface area contributed by atoms with E-state index in [1.165, 1.54) is 32.1 Å². The molecule has 1 heterocycles. The molecule has 1 aliphatic heterocycles. The van der Waals surface area contributed by atoms with Gasteiger partial charge in [0, 0.05) is 39.3 Å². The molecule has 4 nitrogen and oxygen atoms in total. The molecule has 4 heteroatoms. The number of aliphatic hydroxyl groups excluding tert-OH is 1. The summed E-state index contributed by atoms with van der Waals surface area (Å²) in [6, 6.07) is 0. The van der Waals surface area contributed by atoms with Gasteiger partial charge in [0.2, 0.25) is 0 Å². The zero-order valence-corrected chi connectivity index (χ0v) is 13.4. The van der Waals surface area contributed by atoms with Gasteiger partial charge in [-0.05, 0) is 33.0 Å². The van der Waals surface area contributed by atoms with Gasteiger partial charge in [-0.15, -0.1) is 0 Å². The fraction of sp³-hybridized carbons (Fsp3) is 1.00. The summed E-state index contributed by atoms with van der Waals surface area (Å²) in [7, 11) is 4.33. The quantitative estimate of drug-likeness (QED) is 0.758. The highest BCUT2D eigenvalue weighted by atomic mass is 16.3. The van der Waals surface area contributed by atoms with Crippen LogP contribution < -0.4 is 0 Å². The van der Waals surface area contributed by atoms with Crippen LogP contribution in [0.5, 0.6) is 0 Å². The molecule has 1 unspecified atom stereocenters. The molecule has 2 fully saturated rings. The lowest BCUT2D eigenvalue weighted by molar-refractivity contribution is 0.0597. The third-order valence-corrected chi connectivity index (χ3v) is 4.98. The highest BCUT2D eigenvalue weighted by Crippen LogP contribution is 2.27. The maximum Gasteiger partial charge on any atom is 0.0793 e. The van der Waals surface area contributed by atoms with E-state index in [9.17, 15) is 5.11 Å². The minimum Gasteiger partial charge on any atom is -0.390 e. The second kappa shape index (κ2) is 8.32. The Kier molecular flexibility index (Phi) is 6.75. The van der Waals surface area contributed by atoms with E-state index in [-0.39, 0.29) is 6.10 Å². The molecule has 1 atom stereocenters. The van der Waals surface area contributed by atoms with Crippen LogP contribution in [-0.4, -0.2) is 85.8 Å². The largest absolute Gasteiger partial charge is 0.390 e. The minimum atomic E-state index is -0.202. The Morgan fingerprint density at radius 1 is 1.15 bits per heavy atom. The van der Waals surface area contributed by atoms with E-state index >= 15 is 0 Å². The first-order chi connectivity index (χ1) is 9.63. The Hall–Kier alpha value is -0.160. The molecular weight excluding hydrogens is 250 g/mol. The van der Waals surface area contributed by atoms with E-state index in [0.717, 1.165) is 51.7 Å². The van der Waals surface area contributed by atoms with Crippen molar-refractivity contribution in [2.75, 3.05) is 59.9 Å². The molecule has 2 aliphatic rings. The van der Waals surface area contributed by atoms with Gasteiger partial charge in [-0.3, -0.25) is 4.90 Å². The van der Waals surface area contributed by atoms with Crippen LogP contribution >= 0.6 is 0 Å². The number of β-amino-alcohol motifs (C(OH)–C–C–N with tert-alkyl or cyclic N) is 1. The van der Waals surface area contributed by atoms with Crippen LogP contribution in [0.15, 0.2) is 0 Å². The molecule has 0 radical (unpaired) electrons. The van der Waals surface area contributed by atoms with Crippen LogP contribution in [0.1, 0.15) is 32.1 Å². The van der Waals surface area contributed by atoms with E-state index in [1.54, 1.807) is 0 Å². The summed E-state index contributed by atoms with van der Waals surface area (Å²) in [5.41, 5.74) is 0. The third kappa shape index (κ3) is 5.68. The van der Waals surface area contributed by atoms with Gasteiger partial charge >= 0.3 is 0 Å². The summed E-state index contributed by atoms with van der Waals surface area (Å²) in [6.07, 6.45) is 6.83. The molecule has 0 aromatic heterocycles. The summed E-state index contributed by atoms with van der Waals surface area (Å²) in [5, 5.41) is 10.2. The number of hydrogen-bond acceptors (Lipinski definition) is 4. The van der Waals surface area contributed by atoms with Crippen molar-refractivity contribution in [3.05, 3.63) is 0 Å². The van der Waals surface area contributed by atoms with E-state index in [2.05, 4.69) is 28.8 Å². The van der Waals surface area contributed by atoms with Crippen molar-refractivity contribution >= 4 is 0 Å². The Morgan fingerprint density at radius 2 is 1.80 bits per heavy atom. The van der Waals surface area contributed by atoms with Gasteiger partial charge in [0.15, 0.2) is 0 Å². The normalized spacial score (nSPS) is 24.6. The Bertz CT molecular complexity index is 260. The van der Waals surface area contributed by atoms with Gasteiger partial charge < -0.3 is 14.9 Å². The van der Waals surface area contributed by atoms with Crippen LogP contribution in [0, 0.1) is 5.92 Å². The van der Waals surface area contributed by atoms with Crippen molar-refractivity contribution in [3.8, 4) is 0 Å². The van der Waals surface area contributed by atoms with Crippen LogP contribution in [0.25, 0.3) is 0 Å². The molecule has 118 valence electrons. The molecule has 0 amide bonds. The summed E-state index contributed by atoms with van der Waals surface area (Å²) >= 11 is 0. The van der Waals surface area contributed by atoms with Crippen molar-refractivity contribution in [1.82, 2.24) is 14.7 Å². The smallest absolute Gasteiger partial charge is 0.0793 e. The summed E-state index contributed by atoms with van der Waals surface area (Å²) < 4.78 is 0. The van der Waals surface area contributed by atoms with Crippen molar-refractivity contribution in [1.29, 1.82) is 0 Å². The first kappa shape index (κ1) is 16.2. The van der Waals surface area contributed by atoms with Gasteiger partial charge in [-0.25, -0.2) is 0 Å². The fourth-order valence-electron chi connectivity index (χ4n) is 3.54. The number of rotatable bonds is 7. The van der Waals surface area contributed by atoms with Crippen molar-refractivity contribution < 1.29 is 5.11 Å². The summed E-state index contributed by atoms with van der Waals surface area (Å²) in [6.45, 7) is 7.25. The Balaban J connectivity index is 1.56. The fourth-order valence-corrected chi connectivity index (χ4v) is 3.54. The van der Waals surface area contributed by atoms with Gasteiger partial charge in [-0.1, -0.05) is 25.7 Å². The van der Waals surface area contributed by atoms with Crippen molar-refractivity contribution in [2.24, 2.45) is 5.92 Å². The molecule has 0 bridgehead atoms. The average Bonchev–Trinajstić information content (AvgIpc) is 2.92. The zero-order chi connectivity index (χ0) is 14.4. The number of likely N-dealkylation sites (N-methyl/N-ethyl adjacent to an activating group) is 2. The lowest BCUT2D eigenvalue weighted by Gasteiger charge is -2.34. The van der Waals surface area contributed by atoms with E-state index < -0.39 is 0 Å². The van der Waals surface area contributed by atoms with E-state index in [1.807, 2.05) is 0 Å². The van der Waals surface area contributed by atoms with Gasteiger partial charge in [0.05, 0.1) is 6.10 Å². The monoisotopic (exact) mass is 283 g/mol. The SMILES string of the molecule is CN1CCN(CC(O)CN(C)CCC2CCCC2)CC1. The minimum absolute atomic E-state index is 0.202. The van der Waals surface area contributed by atoms with E-state index in [4.69, 9.17) is 0 Å². The number of nitrogens with zero attached hydrogens (tertiary/aromatic N) is 3. The summed E-state index contributed by atoms with van der Waals surface area (Å²) in [5.74, 6) is 0.951. The van der Waals surface area contributed by atoms with Crippen LogP contribution in [0.2, 0.25) is 0 Å². The first-order valence-corrected chi connectivity index (χ1v) is 8.41. The molecule has 1 N–H and O–H groups in total. The highest BCUT2D eigenvalue weighted by Gasteiger charge is 2.19. The molecule has 0 aromatic carbocycles. The van der Waals surface area contributed by atoms with E-state index in [0.29, 0.717) is 0 Å². The first-order valence-electron chi connectivity index (χ1n) is 8.41. The van der Waals surface area contributed by atoms with Crippen LogP contribution in [-0.2, 0) is 0 Å². The molecule has 0 aromatic rings. The summed E-state index contributed by atoms with van der Waals surface area (Å²) in [4.78, 5) is 7.07. The number of hydrogen-bond donors (Lipinski definition) is 1. The van der Waals surface area contributed by atoms with Gasteiger partial charge in [0.25, 0.3) is 0 Å². The maximum atomic E-state index is 10.2. The lowest BCUT2D eigenvalue weighted by Crippen LogP contribution is -2.48. The third-order valence-electron chi connectivity index (χ3n) is 4.98. The molecule has 20 heavy (non-hydrogen) atoms. The predicted octanol–water partition coefficient (Wildman–Crippen LogP) is 1.11. The molecular formula is C16H33N3O. The Morgan fingerprint density at radius 3 is 2.45 bits per heavy atom. The maximum absolute atomic E-state index is 10.2. The average molecular weight is 283 g/mol. The molecule has 1 saturated heterocycles. The molecule has 1 aliphatic carbocycles. The zero-order valence-electron chi connectivity index (χ0n) is 13.4.